The zero-order valence-electron chi connectivity index (χ0n) is 17.2. The molecule has 2 aromatic rings. The predicted molar refractivity (Wildman–Crippen MR) is 105 cm³/mol. The molecule has 8 heteroatoms. The average molecular weight is 402 g/mol. The number of hydrogen-bond donors (Lipinski definition) is 1. The van der Waals surface area contributed by atoms with E-state index >= 15 is 0 Å². The van der Waals surface area contributed by atoms with E-state index in [0.29, 0.717) is 24.4 Å². The molecule has 1 aromatic heterocycles. The van der Waals surface area contributed by atoms with Crippen molar-refractivity contribution in [2.75, 3.05) is 6.54 Å². The van der Waals surface area contributed by atoms with Crippen LogP contribution in [0.2, 0.25) is 0 Å². The Bertz CT molecular complexity index is 863. The van der Waals surface area contributed by atoms with Gasteiger partial charge in [0.25, 0.3) is 17.6 Å². The quantitative estimate of drug-likeness (QED) is 0.801. The van der Waals surface area contributed by atoms with Gasteiger partial charge in [0, 0.05) is 18.2 Å². The maximum Gasteiger partial charge on any atom is 0.296 e. The smallest absolute Gasteiger partial charge is 0.296 e. The van der Waals surface area contributed by atoms with Crippen molar-refractivity contribution in [1.82, 2.24) is 20.4 Å². The fraction of sp³-hybridized carbons (Fsp3) is 0.524. The maximum atomic E-state index is 13.2. The van der Waals surface area contributed by atoms with Crippen LogP contribution in [0.4, 0.5) is 4.39 Å². The molecule has 7 nitrogen and oxygen atoms in total. The van der Waals surface area contributed by atoms with Gasteiger partial charge in [0.2, 0.25) is 5.91 Å². The summed E-state index contributed by atoms with van der Waals surface area (Å²) in [5.74, 6) is -0.305. The number of benzene rings is 1. The van der Waals surface area contributed by atoms with Crippen LogP contribution < -0.4 is 5.32 Å². The minimum Gasteiger partial charge on any atom is -0.350 e. The third-order valence-corrected chi connectivity index (χ3v) is 4.86. The summed E-state index contributed by atoms with van der Waals surface area (Å²) in [5, 5.41) is 6.86. The van der Waals surface area contributed by atoms with Crippen LogP contribution in [0.5, 0.6) is 0 Å². The normalized spacial score (nSPS) is 19.7. The second-order valence-electron chi connectivity index (χ2n) is 8.37. The summed E-state index contributed by atoms with van der Waals surface area (Å²) in [5.41, 5.74) is 0.519. The van der Waals surface area contributed by atoms with Gasteiger partial charge >= 0.3 is 0 Å². The Morgan fingerprint density at radius 1 is 1.21 bits per heavy atom. The summed E-state index contributed by atoms with van der Waals surface area (Å²) < 4.78 is 18.3. The number of carbonyl (C=O) groups is 2. The lowest BCUT2D eigenvalue weighted by atomic mass is 9.95. The molecule has 2 amide bonds. The molecule has 2 heterocycles. The molecule has 3 rings (SSSR count). The highest BCUT2D eigenvalue weighted by atomic mass is 19.1. The molecule has 0 bridgehead atoms. The number of halogens is 1. The SMILES string of the molecule is CC(C)C[C@H]1CN(C(=O)c2noc(-c3ccc(F)cc3)n2)[C@@H](CC(C)C)C(=O)N1. The number of nitrogens with zero attached hydrogens (tertiary/aromatic N) is 3. The molecular formula is C21H27FN4O3. The Hall–Kier alpha value is -2.77. The van der Waals surface area contributed by atoms with E-state index in [1.807, 2.05) is 13.8 Å². The van der Waals surface area contributed by atoms with E-state index in [1.54, 1.807) is 4.90 Å². The van der Waals surface area contributed by atoms with Crippen molar-refractivity contribution in [3.63, 3.8) is 0 Å². The lowest BCUT2D eigenvalue weighted by Crippen LogP contribution is -2.62. The van der Waals surface area contributed by atoms with Gasteiger partial charge in [-0.1, -0.05) is 32.9 Å². The summed E-state index contributed by atoms with van der Waals surface area (Å²) in [6.45, 7) is 8.58. The summed E-state index contributed by atoms with van der Waals surface area (Å²) in [6.07, 6.45) is 1.33. The lowest BCUT2D eigenvalue weighted by Gasteiger charge is -2.40. The Kier molecular flexibility index (Phi) is 6.30. The Balaban J connectivity index is 1.85. The minimum atomic E-state index is -0.571. The Morgan fingerprint density at radius 3 is 2.48 bits per heavy atom. The van der Waals surface area contributed by atoms with Crippen molar-refractivity contribution < 1.29 is 18.5 Å². The van der Waals surface area contributed by atoms with Crippen molar-refractivity contribution in [2.45, 2.75) is 52.6 Å². The van der Waals surface area contributed by atoms with Crippen LogP contribution in [0, 0.1) is 17.7 Å². The van der Waals surface area contributed by atoms with Gasteiger partial charge < -0.3 is 14.7 Å². The van der Waals surface area contributed by atoms with E-state index < -0.39 is 11.9 Å². The highest BCUT2D eigenvalue weighted by molar-refractivity contribution is 5.96. The van der Waals surface area contributed by atoms with Gasteiger partial charge in [-0.05, 0) is 48.9 Å². The summed E-state index contributed by atoms with van der Waals surface area (Å²) in [4.78, 5) is 31.6. The molecule has 2 atom stereocenters. The van der Waals surface area contributed by atoms with Gasteiger partial charge in [0.15, 0.2) is 0 Å². The van der Waals surface area contributed by atoms with E-state index in [1.165, 1.54) is 24.3 Å². The summed E-state index contributed by atoms with van der Waals surface area (Å²) in [6, 6.07) is 4.89. The van der Waals surface area contributed by atoms with E-state index in [-0.39, 0.29) is 35.4 Å². The van der Waals surface area contributed by atoms with E-state index in [2.05, 4.69) is 29.3 Å². The van der Waals surface area contributed by atoms with Gasteiger partial charge in [0.05, 0.1) is 0 Å². The van der Waals surface area contributed by atoms with Crippen LogP contribution >= 0.6 is 0 Å². The fourth-order valence-corrected chi connectivity index (χ4v) is 3.61. The van der Waals surface area contributed by atoms with Crippen LogP contribution in [0.25, 0.3) is 11.5 Å². The maximum absolute atomic E-state index is 13.2. The fourth-order valence-electron chi connectivity index (χ4n) is 3.61. The van der Waals surface area contributed by atoms with Crippen LogP contribution in [0.3, 0.4) is 0 Å². The molecule has 0 saturated carbocycles. The molecule has 1 aliphatic heterocycles. The molecule has 1 fully saturated rings. The number of aromatic nitrogens is 2. The van der Waals surface area contributed by atoms with Gasteiger partial charge in [-0.25, -0.2) is 4.39 Å². The third kappa shape index (κ3) is 4.99. The summed E-state index contributed by atoms with van der Waals surface area (Å²) in [7, 11) is 0. The van der Waals surface area contributed by atoms with E-state index in [0.717, 1.165) is 6.42 Å². The van der Waals surface area contributed by atoms with Gasteiger partial charge in [0.1, 0.15) is 11.9 Å². The molecule has 0 unspecified atom stereocenters. The third-order valence-electron chi connectivity index (χ3n) is 4.86. The summed E-state index contributed by atoms with van der Waals surface area (Å²) >= 11 is 0. The number of carbonyl (C=O) groups excluding carboxylic acids is 2. The molecule has 0 spiro atoms. The molecular weight excluding hydrogens is 375 g/mol. The molecule has 1 N–H and O–H groups in total. The predicted octanol–water partition coefficient (Wildman–Crippen LogP) is 3.28. The van der Waals surface area contributed by atoms with Crippen LogP contribution in [0.1, 0.15) is 51.2 Å². The molecule has 1 saturated heterocycles. The van der Waals surface area contributed by atoms with E-state index in [4.69, 9.17) is 4.52 Å². The molecule has 156 valence electrons. The van der Waals surface area contributed by atoms with Crippen molar-refractivity contribution in [2.24, 2.45) is 11.8 Å². The minimum absolute atomic E-state index is 0.101. The zero-order chi connectivity index (χ0) is 21.1. The monoisotopic (exact) mass is 402 g/mol. The second-order valence-corrected chi connectivity index (χ2v) is 8.37. The second kappa shape index (κ2) is 8.71. The van der Waals surface area contributed by atoms with Gasteiger partial charge in [-0.15, -0.1) is 0 Å². The van der Waals surface area contributed by atoms with Crippen molar-refractivity contribution >= 4 is 11.8 Å². The highest BCUT2D eigenvalue weighted by Gasteiger charge is 2.39. The van der Waals surface area contributed by atoms with Crippen molar-refractivity contribution in [3.05, 3.63) is 35.9 Å². The first-order valence-corrected chi connectivity index (χ1v) is 9.95. The first-order valence-electron chi connectivity index (χ1n) is 9.95. The molecule has 1 aromatic carbocycles. The van der Waals surface area contributed by atoms with Crippen LogP contribution in [0.15, 0.2) is 28.8 Å². The van der Waals surface area contributed by atoms with Crippen LogP contribution in [-0.2, 0) is 4.79 Å². The molecule has 1 aliphatic rings. The topological polar surface area (TPSA) is 88.3 Å². The molecule has 0 aliphatic carbocycles. The standard InChI is InChI=1S/C21H27FN4O3/c1-12(2)9-16-11-26(17(10-13(3)4)19(27)23-16)21(28)18-24-20(29-25-18)14-5-7-15(22)8-6-14/h5-8,12-13,16-17H,9-11H2,1-4H3,(H,23,27)/t16-,17-/m0/s1. The Labute approximate surface area is 169 Å². The first-order chi connectivity index (χ1) is 13.7. The van der Waals surface area contributed by atoms with Gasteiger partial charge in [-0.2, -0.15) is 4.98 Å². The van der Waals surface area contributed by atoms with Crippen molar-refractivity contribution in [3.8, 4) is 11.5 Å². The average Bonchev–Trinajstić information content (AvgIpc) is 3.13. The van der Waals surface area contributed by atoms with Crippen molar-refractivity contribution in [1.29, 1.82) is 0 Å². The zero-order valence-corrected chi connectivity index (χ0v) is 17.2. The molecule has 0 radical (unpaired) electrons. The lowest BCUT2D eigenvalue weighted by molar-refractivity contribution is -0.130. The first kappa shape index (κ1) is 21.0. The van der Waals surface area contributed by atoms with E-state index in [9.17, 15) is 14.0 Å². The number of hydrogen-bond acceptors (Lipinski definition) is 5. The highest BCUT2D eigenvalue weighted by Crippen LogP contribution is 2.23. The number of nitrogens with one attached hydrogen (secondary N) is 1. The largest absolute Gasteiger partial charge is 0.350 e. The number of amides is 2. The number of rotatable bonds is 6. The van der Waals surface area contributed by atoms with Gasteiger partial charge in [-0.3, -0.25) is 9.59 Å². The Morgan fingerprint density at radius 2 is 1.86 bits per heavy atom. The molecule has 29 heavy (non-hydrogen) atoms. The number of piperazine rings is 1. The van der Waals surface area contributed by atoms with Crippen LogP contribution in [-0.4, -0.2) is 45.5 Å².